The molecular formula is C15H16N2O2. The number of nitrogens with one attached hydrogen (secondary N) is 2. The number of aromatic amines is 1. The molecule has 0 saturated carbocycles. The van der Waals surface area contributed by atoms with Crippen LogP contribution in [0.1, 0.15) is 23.5 Å². The lowest BCUT2D eigenvalue weighted by Gasteiger charge is -2.39. The monoisotopic (exact) mass is 256 g/mol. The fourth-order valence-corrected chi connectivity index (χ4v) is 3.73. The van der Waals surface area contributed by atoms with Gasteiger partial charge in [0.2, 0.25) is 0 Å². The zero-order chi connectivity index (χ0) is 13.0. The van der Waals surface area contributed by atoms with Gasteiger partial charge in [0.15, 0.2) is 0 Å². The van der Waals surface area contributed by atoms with Gasteiger partial charge in [-0.25, -0.2) is 0 Å². The fraction of sp³-hybridized carbons (Fsp3) is 0.400. The second-order valence-electron chi connectivity index (χ2n) is 5.68. The molecule has 2 aliphatic rings. The first-order valence-electron chi connectivity index (χ1n) is 6.79. The summed E-state index contributed by atoms with van der Waals surface area (Å²) in [6.45, 7) is 0.590. The maximum Gasteiger partial charge on any atom is 0.307 e. The molecule has 0 radical (unpaired) electrons. The summed E-state index contributed by atoms with van der Waals surface area (Å²) in [4.78, 5) is 14.5. The highest BCUT2D eigenvalue weighted by atomic mass is 16.4. The van der Waals surface area contributed by atoms with E-state index >= 15 is 0 Å². The Labute approximate surface area is 110 Å². The molecule has 3 atom stereocenters. The van der Waals surface area contributed by atoms with Crippen LogP contribution in [-0.4, -0.2) is 28.6 Å². The van der Waals surface area contributed by atoms with Crippen LogP contribution in [-0.2, 0) is 11.2 Å². The minimum Gasteiger partial charge on any atom is -0.481 e. The van der Waals surface area contributed by atoms with Gasteiger partial charge in [0.1, 0.15) is 0 Å². The summed E-state index contributed by atoms with van der Waals surface area (Å²) in [5, 5.41) is 14.0. The van der Waals surface area contributed by atoms with Crippen molar-refractivity contribution in [2.75, 3.05) is 6.54 Å². The summed E-state index contributed by atoms with van der Waals surface area (Å²) >= 11 is 0. The van der Waals surface area contributed by atoms with Crippen molar-refractivity contribution in [3.05, 3.63) is 35.5 Å². The zero-order valence-electron chi connectivity index (χ0n) is 10.5. The zero-order valence-corrected chi connectivity index (χ0v) is 10.5. The Kier molecular flexibility index (Phi) is 2.23. The number of carbonyl (C=O) groups is 1. The lowest BCUT2D eigenvalue weighted by molar-refractivity contribution is -0.142. The van der Waals surface area contributed by atoms with E-state index in [0.717, 1.165) is 12.8 Å². The number of rotatable bonds is 1. The molecule has 2 aromatic rings. The van der Waals surface area contributed by atoms with Crippen molar-refractivity contribution in [3.63, 3.8) is 0 Å². The summed E-state index contributed by atoms with van der Waals surface area (Å²) in [6.07, 6.45) is 3.83. The molecule has 98 valence electrons. The van der Waals surface area contributed by atoms with E-state index in [4.69, 9.17) is 0 Å². The molecule has 1 aromatic carbocycles. The minimum atomic E-state index is -0.682. The summed E-state index contributed by atoms with van der Waals surface area (Å²) < 4.78 is 0. The number of carboxylic acids is 1. The van der Waals surface area contributed by atoms with Gasteiger partial charge in [-0.05, 0) is 30.0 Å². The predicted octanol–water partition coefficient (Wildman–Crippen LogP) is 1.87. The molecule has 1 aliphatic heterocycles. The van der Waals surface area contributed by atoms with Gasteiger partial charge in [-0.1, -0.05) is 12.1 Å². The smallest absolute Gasteiger partial charge is 0.307 e. The second kappa shape index (κ2) is 3.84. The van der Waals surface area contributed by atoms with Gasteiger partial charge in [-0.2, -0.15) is 0 Å². The van der Waals surface area contributed by atoms with Crippen LogP contribution in [0, 0.1) is 5.92 Å². The Morgan fingerprint density at radius 2 is 2.26 bits per heavy atom. The molecule has 1 unspecified atom stereocenters. The maximum atomic E-state index is 11.2. The van der Waals surface area contributed by atoms with Crippen molar-refractivity contribution >= 4 is 16.9 Å². The molecule has 0 amide bonds. The predicted molar refractivity (Wildman–Crippen MR) is 72.3 cm³/mol. The molecule has 4 nitrogen and oxygen atoms in total. The van der Waals surface area contributed by atoms with Crippen molar-refractivity contribution in [2.45, 2.75) is 24.8 Å². The summed E-state index contributed by atoms with van der Waals surface area (Å²) in [5.41, 5.74) is 3.83. The summed E-state index contributed by atoms with van der Waals surface area (Å²) in [5.74, 6) is -0.628. The molecule has 0 bridgehead atoms. The number of H-pyrrole nitrogens is 1. The number of benzene rings is 1. The van der Waals surface area contributed by atoms with Crippen molar-refractivity contribution in [2.24, 2.45) is 5.92 Å². The van der Waals surface area contributed by atoms with E-state index in [1.807, 2.05) is 0 Å². The molecule has 0 spiro atoms. The van der Waals surface area contributed by atoms with Crippen molar-refractivity contribution in [1.82, 2.24) is 10.3 Å². The van der Waals surface area contributed by atoms with Crippen LogP contribution >= 0.6 is 0 Å². The summed E-state index contributed by atoms with van der Waals surface area (Å²) in [6, 6.07) is 6.69. The first kappa shape index (κ1) is 11.1. The van der Waals surface area contributed by atoms with Gasteiger partial charge in [0.05, 0.1) is 5.92 Å². The minimum absolute atomic E-state index is 0.267. The number of piperidine rings is 1. The van der Waals surface area contributed by atoms with Gasteiger partial charge in [0.25, 0.3) is 0 Å². The van der Waals surface area contributed by atoms with Crippen LogP contribution in [0.25, 0.3) is 10.9 Å². The highest BCUT2D eigenvalue weighted by Gasteiger charge is 2.38. The number of fused-ring (bicyclic) bond motifs is 2. The lowest BCUT2D eigenvalue weighted by Crippen LogP contribution is -2.48. The van der Waals surface area contributed by atoms with E-state index in [0.29, 0.717) is 18.5 Å². The first-order valence-corrected chi connectivity index (χ1v) is 6.79. The van der Waals surface area contributed by atoms with Crippen LogP contribution in [0.15, 0.2) is 24.4 Å². The third kappa shape index (κ3) is 1.53. The van der Waals surface area contributed by atoms with Crippen LogP contribution in [0.3, 0.4) is 0 Å². The number of hydrogen-bond acceptors (Lipinski definition) is 2. The Morgan fingerprint density at radius 3 is 3.11 bits per heavy atom. The molecule has 19 heavy (non-hydrogen) atoms. The fourth-order valence-electron chi connectivity index (χ4n) is 3.73. The average molecular weight is 256 g/mol. The van der Waals surface area contributed by atoms with Crippen molar-refractivity contribution in [1.29, 1.82) is 0 Å². The molecule has 2 heterocycles. The summed E-state index contributed by atoms with van der Waals surface area (Å²) in [7, 11) is 0. The Bertz CT molecular complexity index is 661. The maximum absolute atomic E-state index is 11.2. The van der Waals surface area contributed by atoms with E-state index in [1.54, 1.807) is 0 Å². The normalized spacial score (nSPS) is 29.2. The quantitative estimate of drug-likeness (QED) is 0.729. The van der Waals surface area contributed by atoms with E-state index in [1.165, 1.54) is 22.0 Å². The molecule has 3 N–H and O–H groups in total. The van der Waals surface area contributed by atoms with Crippen LogP contribution in [0.2, 0.25) is 0 Å². The van der Waals surface area contributed by atoms with E-state index < -0.39 is 5.97 Å². The third-order valence-electron chi connectivity index (χ3n) is 4.66. The highest BCUT2D eigenvalue weighted by molar-refractivity contribution is 5.88. The standard InChI is InChI=1S/C15H16N2O2/c18-15(19)9-4-11-10-2-1-3-12-14(10)8(6-16-12)5-13(11)17-7-9/h1-3,6,9,11,13,16-17H,4-5,7H2,(H,18,19)/t9-,11?,13-/m1/s1. The molecule has 4 rings (SSSR count). The molecule has 1 saturated heterocycles. The van der Waals surface area contributed by atoms with Gasteiger partial charge in [0, 0.05) is 35.6 Å². The van der Waals surface area contributed by atoms with Gasteiger partial charge in [-0.15, -0.1) is 0 Å². The van der Waals surface area contributed by atoms with E-state index in [-0.39, 0.29) is 5.92 Å². The van der Waals surface area contributed by atoms with Crippen LogP contribution < -0.4 is 5.32 Å². The van der Waals surface area contributed by atoms with Crippen LogP contribution in [0.5, 0.6) is 0 Å². The van der Waals surface area contributed by atoms with Crippen LogP contribution in [0.4, 0.5) is 0 Å². The highest BCUT2D eigenvalue weighted by Crippen LogP contribution is 2.41. The second-order valence-corrected chi connectivity index (χ2v) is 5.68. The molecule has 1 fully saturated rings. The Balaban J connectivity index is 1.82. The van der Waals surface area contributed by atoms with Crippen molar-refractivity contribution < 1.29 is 9.90 Å². The molecule has 1 aliphatic carbocycles. The Morgan fingerprint density at radius 1 is 1.37 bits per heavy atom. The van der Waals surface area contributed by atoms with Gasteiger partial charge in [-0.3, -0.25) is 4.79 Å². The van der Waals surface area contributed by atoms with E-state index in [9.17, 15) is 9.90 Å². The van der Waals surface area contributed by atoms with Gasteiger partial charge >= 0.3 is 5.97 Å². The SMILES string of the molecule is O=C(O)[C@H]1CN[C@@H]2Cc3c[nH]c4cccc(c34)C2C1. The van der Waals surface area contributed by atoms with Gasteiger partial charge < -0.3 is 15.4 Å². The largest absolute Gasteiger partial charge is 0.481 e. The number of aliphatic carboxylic acids is 1. The Hall–Kier alpha value is -1.81. The molecular weight excluding hydrogens is 240 g/mol. The lowest BCUT2D eigenvalue weighted by atomic mass is 9.73. The molecule has 1 aromatic heterocycles. The van der Waals surface area contributed by atoms with E-state index in [2.05, 4.69) is 34.7 Å². The topological polar surface area (TPSA) is 65.1 Å². The number of carboxylic acid groups (broad SMARTS) is 1. The first-order chi connectivity index (χ1) is 9.24. The molecule has 4 heteroatoms. The number of aromatic nitrogens is 1. The van der Waals surface area contributed by atoms with Crippen molar-refractivity contribution in [3.8, 4) is 0 Å². The third-order valence-corrected chi connectivity index (χ3v) is 4.66. The average Bonchev–Trinajstić information content (AvgIpc) is 2.83. The number of hydrogen-bond donors (Lipinski definition) is 3.